The Hall–Kier alpha value is -1.52. The second-order valence-corrected chi connectivity index (χ2v) is 4.58. The number of rotatable bonds is 3. The summed E-state index contributed by atoms with van der Waals surface area (Å²) >= 11 is 0. The standard InChI is InChI=1S/C14H17N3O.ClH/c1-18-11-7-12-13(16-9-11)3-2-4-14(12)17-10-5-6-15-8-10;/h2-4,7,9-10,15,17H,5-6,8H2,1H3;1H. The molecule has 4 nitrogen and oxygen atoms in total. The average Bonchev–Trinajstić information content (AvgIpc) is 2.91. The first-order valence-corrected chi connectivity index (χ1v) is 6.27. The predicted octanol–water partition coefficient (Wildman–Crippen LogP) is 2.44. The Morgan fingerprint density at radius 2 is 2.32 bits per heavy atom. The molecule has 3 rings (SSSR count). The molecule has 1 aliphatic rings. The molecule has 19 heavy (non-hydrogen) atoms. The van der Waals surface area contributed by atoms with E-state index in [-0.39, 0.29) is 12.4 Å². The van der Waals surface area contributed by atoms with Gasteiger partial charge in [-0.05, 0) is 31.2 Å². The van der Waals surface area contributed by atoms with Crippen LogP contribution >= 0.6 is 12.4 Å². The van der Waals surface area contributed by atoms with Crippen LogP contribution in [0.4, 0.5) is 5.69 Å². The Kier molecular flexibility index (Phi) is 4.45. The second kappa shape index (κ2) is 6.08. The van der Waals surface area contributed by atoms with Gasteiger partial charge in [-0.2, -0.15) is 0 Å². The van der Waals surface area contributed by atoms with Gasteiger partial charge >= 0.3 is 0 Å². The summed E-state index contributed by atoms with van der Waals surface area (Å²) in [4.78, 5) is 4.41. The topological polar surface area (TPSA) is 46.2 Å². The highest BCUT2D eigenvalue weighted by atomic mass is 35.5. The van der Waals surface area contributed by atoms with Crippen LogP contribution in [0.3, 0.4) is 0 Å². The van der Waals surface area contributed by atoms with Crippen molar-refractivity contribution in [3.63, 3.8) is 0 Å². The molecule has 1 saturated heterocycles. The van der Waals surface area contributed by atoms with Crippen molar-refractivity contribution in [2.45, 2.75) is 12.5 Å². The normalized spacial score (nSPS) is 18.1. The minimum atomic E-state index is 0. The summed E-state index contributed by atoms with van der Waals surface area (Å²) in [6, 6.07) is 8.69. The Morgan fingerprint density at radius 3 is 3.05 bits per heavy atom. The lowest BCUT2D eigenvalue weighted by atomic mass is 10.1. The number of nitrogens with one attached hydrogen (secondary N) is 2. The average molecular weight is 280 g/mol. The molecule has 5 heteroatoms. The number of benzene rings is 1. The van der Waals surface area contributed by atoms with Crippen molar-refractivity contribution in [3.8, 4) is 5.75 Å². The summed E-state index contributed by atoms with van der Waals surface area (Å²) in [5.74, 6) is 0.793. The fourth-order valence-electron chi connectivity index (χ4n) is 2.37. The van der Waals surface area contributed by atoms with E-state index in [1.807, 2.05) is 18.2 Å². The van der Waals surface area contributed by atoms with Crippen LogP contribution in [0.2, 0.25) is 0 Å². The van der Waals surface area contributed by atoms with E-state index in [9.17, 15) is 0 Å². The molecule has 102 valence electrons. The zero-order chi connectivity index (χ0) is 12.4. The van der Waals surface area contributed by atoms with E-state index in [1.54, 1.807) is 13.3 Å². The summed E-state index contributed by atoms with van der Waals surface area (Å²) in [6.45, 7) is 2.11. The van der Waals surface area contributed by atoms with Crippen molar-refractivity contribution in [2.24, 2.45) is 0 Å². The van der Waals surface area contributed by atoms with E-state index in [4.69, 9.17) is 4.74 Å². The van der Waals surface area contributed by atoms with Crippen molar-refractivity contribution < 1.29 is 4.74 Å². The Bertz CT molecular complexity index is 555. The molecule has 0 saturated carbocycles. The molecule has 0 aliphatic carbocycles. The number of anilines is 1. The van der Waals surface area contributed by atoms with Crippen LogP contribution in [0.5, 0.6) is 5.75 Å². The smallest absolute Gasteiger partial charge is 0.137 e. The van der Waals surface area contributed by atoms with Gasteiger partial charge in [0.1, 0.15) is 5.75 Å². The number of halogens is 1. The third-order valence-corrected chi connectivity index (χ3v) is 3.36. The first kappa shape index (κ1) is 13.9. The predicted molar refractivity (Wildman–Crippen MR) is 80.4 cm³/mol. The number of methoxy groups -OCH3 is 1. The zero-order valence-corrected chi connectivity index (χ0v) is 11.7. The van der Waals surface area contributed by atoms with Crippen LogP contribution in [0, 0.1) is 0 Å². The van der Waals surface area contributed by atoms with Crippen LogP contribution in [0.1, 0.15) is 6.42 Å². The number of hydrogen-bond acceptors (Lipinski definition) is 4. The van der Waals surface area contributed by atoms with E-state index in [0.29, 0.717) is 6.04 Å². The van der Waals surface area contributed by atoms with Gasteiger partial charge in [0.15, 0.2) is 0 Å². The Morgan fingerprint density at radius 1 is 1.42 bits per heavy atom. The highest BCUT2D eigenvalue weighted by Crippen LogP contribution is 2.26. The van der Waals surface area contributed by atoms with Crippen LogP contribution in [-0.2, 0) is 0 Å². The highest BCUT2D eigenvalue weighted by Gasteiger charge is 2.15. The minimum Gasteiger partial charge on any atom is -0.495 e. The number of pyridine rings is 1. The summed E-state index contributed by atoms with van der Waals surface area (Å²) in [6.07, 6.45) is 2.91. The maximum atomic E-state index is 5.24. The summed E-state index contributed by atoms with van der Waals surface area (Å²) in [5.41, 5.74) is 2.12. The number of hydrogen-bond donors (Lipinski definition) is 2. The van der Waals surface area contributed by atoms with Crippen molar-refractivity contribution >= 4 is 29.0 Å². The third kappa shape index (κ3) is 2.91. The van der Waals surface area contributed by atoms with E-state index < -0.39 is 0 Å². The van der Waals surface area contributed by atoms with Crippen LogP contribution < -0.4 is 15.4 Å². The van der Waals surface area contributed by atoms with E-state index in [0.717, 1.165) is 41.9 Å². The number of ether oxygens (including phenoxy) is 1. The SMILES string of the molecule is COc1cnc2cccc(NC3CCNC3)c2c1.Cl. The number of aromatic nitrogens is 1. The molecule has 0 bridgehead atoms. The maximum absolute atomic E-state index is 5.24. The highest BCUT2D eigenvalue weighted by molar-refractivity contribution is 5.92. The summed E-state index contributed by atoms with van der Waals surface area (Å²) < 4.78 is 5.24. The molecule has 0 amide bonds. The molecular weight excluding hydrogens is 262 g/mol. The molecule has 0 radical (unpaired) electrons. The first-order valence-electron chi connectivity index (χ1n) is 6.27. The molecule has 2 heterocycles. The van der Waals surface area contributed by atoms with Gasteiger partial charge in [-0.1, -0.05) is 6.07 Å². The van der Waals surface area contributed by atoms with Crippen LogP contribution in [-0.4, -0.2) is 31.2 Å². The second-order valence-electron chi connectivity index (χ2n) is 4.58. The van der Waals surface area contributed by atoms with Crippen LogP contribution in [0.15, 0.2) is 30.5 Å². The molecule has 1 aromatic heterocycles. The molecule has 1 aliphatic heterocycles. The van der Waals surface area contributed by atoms with Crippen LogP contribution in [0.25, 0.3) is 10.9 Å². The van der Waals surface area contributed by atoms with Gasteiger partial charge in [-0.3, -0.25) is 4.98 Å². The van der Waals surface area contributed by atoms with Gasteiger partial charge < -0.3 is 15.4 Å². The van der Waals surface area contributed by atoms with Crippen molar-refractivity contribution in [1.29, 1.82) is 0 Å². The van der Waals surface area contributed by atoms with Gasteiger partial charge in [0, 0.05) is 23.7 Å². The summed E-state index contributed by atoms with van der Waals surface area (Å²) in [7, 11) is 1.67. The lowest BCUT2D eigenvalue weighted by Gasteiger charge is -2.15. The van der Waals surface area contributed by atoms with E-state index in [2.05, 4.69) is 21.7 Å². The lowest BCUT2D eigenvalue weighted by molar-refractivity contribution is 0.414. The van der Waals surface area contributed by atoms with Gasteiger partial charge in [-0.25, -0.2) is 0 Å². The zero-order valence-electron chi connectivity index (χ0n) is 10.8. The fourth-order valence-corrected chi connectivity index (χ4v) is 2.37. The maximum Gasteiger partial charge on any atom is 0.137 e. The van der Waals surface area contributed by atoms with E-state index >= 15 is 0 Å². The third-order valence-electron chi connectivity index (χ3n) is 3.36. The molecule has 1 fully saturated rings. The van der Waals surface area contributed by atoms with Gasteiger partial charge in [0.05, 0.1) is 18.8 Å². The van der Waals surface area contributed by atoms with E-state index in [1.165, 1.54) is 0 Å². The first-order chi connectivity index (χ1) is 8.86. The monoisotopic (exact) mass is 279 g/mol. The van der Waals surface area contributed by atoms with Gasteiger partial charge in [0.2, 0.25) is 0 Å². The largest absolute Gasteiger partial charge is 0.495 e. The fraction of sp³-hybridized carbons (Fsp3) is 0.357. The number of nitrogens with zero attached hydrogens (tertiary/aromatic N) is 1. The molecule has 2 aromatic rings. The molecule has 0 spiro atoms. The number of fused-ring (bicyclic) bond motifs is 1. The molecular formula is C14H18ClN3O. The van der Waals surface area contributed by atoms with Crippen molar-refractivity contribution in [2.75, 3.05) is 25.5 Å². The molecule has 1 unspecified atom stereocenters. The molecule has 2 N–H and O–H groups in total. The summed E-state index contributed by atoms with van der Waals surface area (Å²) in [5, 5.41) is 8.05. The van der Waals surface area contributed by atoms with Gasteiger partial charge in [0.25, 0.3) is 0 Å². The molecule has 1 aromatic carbocycles. The quantitative estimate of drug-likeness (QED) is 0.906. The van der Waals surface area contributed by atoms with Crippen molar-refractivity contribution in [1.82, 2.24) is 10.3 Å². The minimum absolute atomic E-state index is 0. The Labute approximate surface area is 119 Å². The van der Waals surface area contributed by atoms with Gasteiger partial charge in [-0.15, -0.1) is 12.4 Å². The lowest BCUT2D eigenvalue weighted by Crippen LogP contribution is -2.22. The molecule has 1 atom stereocenters. The van der Waals surface area contributed by atoms with Crippen molar-refractivity contribution in [3.05, 3.63) is 30.5 Å². The Balaban J connectivity index is 0.00000133.